The number of amides is 1. The first-order valence-corrected chi connectivity index (χ1v) is 13.0. The van der Waals surface area contributed by atoms with E-state index in [9.17, 15) is 14.7 Å². The second-order valence-electron chi connectivity index (χ2n) is 9.51. The Bertz CT molecular complexity index is 1320. The molecule has 1 unspecified atom stereocenters. The van der Waals surface area contributed by atoms with Crippen molar-refractivity contribution < 1.29 is 19.4 Å². The Labute approximate surface area is 226 Å². The van der Waals surface area contributed by atoms with E-state index in [-0.39, 0.29) is 11.3 Å². The van der Waals surface area contributed by atoms with Crippen LogP contribution in [0.25, 0.3) is 5.76 Å². The standard InChI is InChI=1S/C30H31BrN2O4/c1-20-7-4-8-21(17-20)19-37-25-13-11-22(12-14-25)28(34)26-27(23-9-5-10-24(31)18-23)33(30(36)29(26)35)16-6-15-32(2)3/h4-5,7-14,17-18,27,34H,6,15-16,19H2,1-3H3/b28-26+. The number of ketones is 1. The maximum Gasteiger partial charge on any atom is 0.295 e. The summed E-state index contributed by atoms with van der Waals surface area (Å²) in [5.41, 5.74) is 3.54. The summed E-state index contributed by atoms with van der Waals surface area (Å²) in [6, 6.07) is 21.9. The van der Waals surface area contributed by atoms with Crippen molar-refractivity contribution in [3.8, 4) is 5.75 Å². The van der Waals surface area contributed by atoms with Crippen molar-refractivity contribution in [3.63, 3.8) is 0 Å². The number of carbonyl (C=O) groups is 2. The smallest absolute Gasteiger partial charge is 0.295 e. The van der Waals surface area contributed by atoms with E-state index >= 15 is 0 Å². The summed E-state index contributed by atoms with van der Waals surface area (Å²) in [4.78, 5) is 29.9. The molecule has 1 amide bonds. The molecule has 0 radical (unpaired) electrons. The molecule has 0 aromatic heterocycles. The average molecular weight is 563 g/mol. The number of aliphatic hydroxyl groups is 1. The fourth-order valence-electron chi connectivity index (χ4n) is 4.52. The molecule has 192 valence electrons. The van der Waals surface area contributed by atoms with Gasteiger partial charge in [-0.2, -0.15) is 0 Å². The Hall–Kier alpha value is -3.42. The van der Waals surface area contributed by atoms with Crippen molar-refractivity contribution in [1.82, 2.24) is 9.80 Å². The van der Waals surface area contributed by atoms with Crippen molar-refractivity contribution in [3.05, 3.63) is 105 Å². The molecule has 1 aliphatic rings. The topological polar surface area (TPSA) is 70.1 Å². The van der Waals surface area contributed by atoms with Crippen molar-refractivity contribution in [1.29, 1.82) is 0 Å². The Morgan fingerprint density at radius 3 is 2.43 bits per heavy atom. The summed E-state index contributed by atoms with van der Waals surface area (Å²) in [5, 5.41) is 11.3. The fraction of sp³-hybridized carbons (Fsp3) is 0.267. The van der Waals surface area contributed by atoms with Crippen molar-refractivity contribution in [2.45, 2.75) is 26.0 Å². The minimum Gasteiger partial charge on any atom is -0.507 e. The zero-order valence-corrected chi connectivity index (χ0v) is 22.9. The number of nitrogens with zero attached hydrogens (tertiary/aromatic N) is 2. The molecule has 1 heterocycles. The molecule has 7 heteroatoms. The van der Waals surface area contributed by atoms with Crippen LogP contribution < -0.4 is 4.74 Å². The molecule has 1 atom stereocenters. The lowest BCUT2D eigenvalue weighted by Gasteiger charge is -2.26. The maximum absolute atomic E-state index is 13.2. The molecule has 4 rings (SSSR count). The number of Topliss-reactive ketones (excluding diaryl/α,β-unsaturated/α-hetero) is 1. The van der Waals surface area contributed by atoms with Gasteiger partial charge in [0.1, 0.15) is 18.1 Å². The van der Waals surface area contributed by atoms with E-state index < -0.39 is 17.7 Å². The van der Waals surface area contributed by atoms with Crippen molar-refractivity contribution >= 4 is 33.4 Å². The highest BCUT2D eigenvalue weighted by molar-refractivity contribution is 9.10. The van der Waals surface area contributed by atoms with Gasteiger partial charge in [-0.15, -0.1) is 0 Å². The highest BCUT2D eigenvalue weighted by Gasteiger charge is 2.45. The molecule has 3 aromatic carbocycles. The van der Waals surface area contributed by atoms with Gasteiger partial charge >= 0.3 is 0 Å². The number of carbonyl (C=O) groups excluding carboxylic acids is 2. The predicted octanol–water partition coefficient (Wildman–Crippen LogP) is 5.71. The van der Waals surface area contributed by atoms with Crippen LogP contribution >= 0.6 is 15.9 Å². The van der Waals surface area contributed by atoms with E-state index in [0.29, 0.717) is 30.9 Å². The average Bonchev–Trinajstić information content (AvgIpc) is 3.12. The number of aryl methyl sites for hydroxylation is 1. The third-order valence-electron chi connectivity index (χ3n) is 6.32. The number of rotatable bonds is 9. The summed E-state index contributed by atoms with van der Waals surface area (Å²) >= 11 is 3.49. The van der Waals surface area contributed by atoms with Gasteiger partial charge in [-0.1, -0.05) is 57.9 Å². The Kier molecular flexibility index (Phi) is 8.46. The first kappa shape index (κ1) is 26.6. The zero-order valence-electron chi connectivity index (χ0n) is 21.3. The van der Waals surface area contributed by atoms with E-state index in [1.54, 1.807) is 29.2 Å². The van der Waals surface area contributed by atoms with Crippen LogP contribution in [0.1, 0.15) is 34.7 Å². The molecule has 0 bridgehead atoms. The zero-order chi connectivity index (χ0) is 26.5. The molecular weight excluding hydrogens is 532 g/mol. The van der Waals surface area contributed by atoms with Crippen LogP contribution in [0.5, 0.6) is 5.75 Å². The third-order valence-corrected chi connectivity index (χ3v) is 6.82. The molecule has 37 heavy (non-hydrogen) atoms. The van der Waals surface area contributed by atoms with E-state index in [1.807, 2.05) is 68.4 Å². The SMILES string of the molecule is Cc1cccc(COc2ccc(/C(O)=C3\C(=O)C(=O)N(CCCN(C)C)C3c3cccc(Br)c3)cc2)c1. The predicted molar refractivity (Wildman–Crippen MR) is 148 cm³/mol. The van der Waals surface area contributed by atoms with Gasteiger partial charge in [0.2, 0.25) is 0 Å². The summed E-state index contributed by atoms with van der Waals surface area (Å²) in [7, 11) is 3.93. The number of aliphatic hydroxyl groups excluding tert-OH is 1. The summed E-state index contributed by atoms with van der Waals surface area (Å²) in [6.45, 7) is 3.64. The monoisotopic (exact) mass is 562 g/mol. The van der Waals surface area contributed by atoms with Gasteiger partial charge in [-0.25, -0.2) is 0 Å². The van der Waals surface area contributed by atoms with Crippen LogP contribution in [0, 0.1) is 6.92 Å². The molecule has 3 aromatic rings. The Balaban J connectivity index is 1.63. The first-order chi connectivity index (χ1) is 17.7. The molecule has 1 aliphatic heterocycles. The van der Waals surface area contributed by atoms with Crippen LogP contribution in [0.15, 0.2) is 82.8 Å². The van der Waals surface area contributed by atoms with Crippen molar-refractivity contribution in [2.24, 2.45) is 0 Å². The van der Waals surface area contributed by atoms with Gasteiger partial charge in [0, 0.05) is 16.6 Å². The highest BCUT2D eigenvalue weighted by Crippen LogP contribution is 2.40. The summed E-state index contributed by atoms with van der Waals surface area (Å²) < 4.78 is 6.73. The number of halogens is 1. The number of hydrogen-bond acceptors (Lipinski definition) is 5. The van der Waals surface area contributed by atoms with Gasteiger partial charge in [0.05, 0.1) is 11.6 Å². The highest BCUT2D eigenvalue weighted by atomic mass is 79.9. The lowest BCUT2D eigenvalue weighted by atomic mass is 9.95. The maximum atomic E-state index is 13.2. The molecule has 1 fully saturated rings. The van der Waals surface area contributed by atoms with E-state index in [0.717, 1.165) is 22.1 Å². The van der Waals surface area contributed by atoms with Crippen molar-refractivity contribution in [2.75, 3.05) is 27.2 Å². The second-order valence-corrected chi connectivity index (χ2v) is 10.4. The lowest BCUT2D eigenvalue weighted by Crippen LogP contribution is -2.32. The minimum absolute atomic E-state index is 0.0985. The Morgan fingerprint density at radius 1 is 1.03 bits per heavy atom. The Morgan fingerprint density at radius 2 is 1.76 bits per heavy atom. The molecule has 6 nitrogen and oxygen atoms in total. The minimum atomic E-state index is -0.674. The molecule has 1 N–H and O–H groups in total. The molecular formula is C30H31BrN2O4. The van der Waals surface area contributed by atoms with Crippen LogP contribution in [-0.2, 0) is 16.2 Å². The largest absolute Gasteiger partial charge is 0.507 e. The van der Waals surface area contributed by atoms with E-state index in [4.69, 9.17) is 4.74 Å². The molecule has 1 saturated heterocycles. The van der Waals surface area contributed by atoms with Gasteiger partial charge in [0.25, 0.3) is 11.7 Å². The number of likely N-dealkylation sites (tertiary alicyclic amines) is 1. The fourth-order valence-corrected chi connectivity index (χ4v) is 4.94. The van der Waals surface area contributed by atoms with E-state index in [2.05, 4.69) is 22.0 Å². The second kappa shape index (κ2) is 11.8. The lowest BCUT2D eigenvalue weighted by molar-refractivity contribution is -0.139. The molecule has 0 saturated carbocycles. The van der Waals surface area contributed by atoms with Crippen LogP contribution in [0.2, 0.25) is 0 Å². The summed E-state index contributed by atoms with van der Waals surface area (Å²) in [6.07, 6.45) is 0.706. The van der Waals surface area contributed by atoms with Gasteiger partial charge < -0.3 is 19.6 Å². The summed E-state index contributed by atoms with van der Waals surface area (Å²) in [5.74, 6) is -0.815. The normalized spacial score (nSPS) is 17.0. The van der Waals surface area contributed by atoms with Gasteiger partial charge in [-0.05, 0) is 81.5 Å². The number of hydrogen-bond donors (Lipinski definition) is 1. The van der Waals surface area contributed by atoms with Crippen LogP contribution in [0.4, 0.5) is 0 Å². The molecule has 0 aliphatic carbocycles. The van der Waals surface area contributed by atoms with E-state index in [1.165, 1.54) is 5.56 Å². The van der Waals surface area contributed by atoms with Gasteiger partial charge in [-0.3, -0.25) is 9.59 Å². The number of benzene rings is 3. The van der Waals surface area contributed by atoms with Crippen LogP contribution in [-0.4, -0.2) is 53.8 Å². The quantitative estimate of drug-likeness (QED) is 0.205. The number of ether oxygens (including phenoxy) is 1. The molecule has 0 spiro atoms. The first-order valence-electron chi connectivity index (χ1n) is 12.2. The third kappa shape index (κ3) is 6.29. The van der Waals surface area contributed by atoms with Crippen LogP contribution in [0.3, 0.4) is 0 Å². The van der Waals surface area contributed by atoms with Gasteiger partial charge in [0.15, 0.2) is 0 Å².